The molecule has 1 aliphatic rings. The number of allylic oxidation sites excluding steroid dienone is 4. The Labute approximate surface area is 91.6 Å². The minimum Gasteiger partial charge on any atom is -0.0715 e. The molecule has 2 heteroatoms. The normalized spacial score (nSPS) is 16.6. The summed E-state index contributed by atoms with van der Waals surface area (Å²) in [6.07, 6.45) is 0. The molecule has 0 aromatic carbocycles. The number of rotatable bonds is 0. The van der Waals surface area contributed by atoms with Crippen LogP contribution >= 0.6 is 0 Å². The molecule has 73 valence electrons. The third kappa shape index (κ3) is 4.87. The van der Waals surface area contributed by atoms with E-state index in [4.69, 9.17) is 0 Å². The van der Waals surface area contributed by atoms with Crippen molar-refractivity contribution in [1.29, 1.82) is 0 Å². The molecule has 1 aliphatic heterocycles. The zero-order valence-electron chi connectivity index (χ0n) is 10.0. The second kappa shape index (κ2) is 5.86. The van der Waals surface area contributed by atoms with Gasteiger partial charge in [-0.25, -0.2) is 0 Å². The van der Waals surface area contributed by atoms with Crippen molar-refractivity contribution in [3.8, 4) is 0 Å². The van der Waals surface area contributed by atoms with E-state index in [9.17, 15) is 0 Å². The largest absolute Gasteiger partial charge is 0.0715 e. The average Bonchev–Trinajstić information content (AvgIpc) is 2.17. The maximum absolute atomic E-state index is 2.27. The minimum absolute atomic E-state index is 0.120. The molecule has 0 aromatic rings. The molecule has 0 unspecified atom stereocenters. The molecule has 0 saturated heterocycles. The van der Waals surface area contributed by atoms with E-state index in [1.54, 1.807) is 20.0 Å². The van der Waals surface area contributed by atoms with Crippen LogP contribution in [0.5, 0.6) is 0 Å². The van der Waals surface area contributed by atoms with Gasteiger partial charge in [-0.2, -0.15) is 0 Å². The molecule has 0 fully saturated rings. The third-order valence-electron chi connectivity index (χ3n) is 2.06. The molecule has 0 spiro atoms. The monoisotopic (exact) mass is 255 g/mol. The Morgan fingerprint density at radius 1 is 0.769 bits per heavy atom. The number of hydrogen-bond donors (Lipinski definition) is 0. The molecule has 3 radical (unpaired) electrons. The molecule has 1 rings (SSSR count). The first-order valence-corrected chi connectivity index (χ1v) is 9.85. The van der Waals surface area contributed by atoms with Crippen LogP contribution in [-0.4, -0.2) is 24.2 Å². The maximum Gasteiger partial charge on any atom is 0.0379 e. The zero-order valence-corrected chi connectivity index (χ0v) is 13.1. The first-order chi connectivity index (χ1) is 5.86. The molecule has 0 bridgehead atoms. The molecular formula is C11H21GeSi. The molecule has 0 aromatic heterocycles. The molecule has 0 aliphatic carbocycles. The van der Waals surface area contributed by atoms with Crippen LogP contribution < -0.4 is 0 Å². The minimum atomic E-state index is 0.120. The average molecular weight is 254 g/mol. The molecule has 1 heterocycles. The fraction of sp³-hybridized carbons (Fsp3) is 0.636. The van der Waals surface area contributed by atoms with Crippen LogP contribution in [0.3, 0.4) is 0 Å². The smallest absolute Gasteiger partial charge is 0.0379 e. The van der Waals surface area contributed by atoms with Gasteiger partial charge in [0.1, 0.15) is 0 Å². The SMILES string of the molecule is C[C]1=C(C)C(C)=[C](C)[Ge]1.C[Si](C)C. The van der Waals surface area contributed by atoms with Crippen LogP contribution in [-0.2, 0) is 0 Å². The summed E-state index contributed by atoms with van der Waals surface area (Å²) in [5, 5.41) is 0. The van der Waals surface area contributed by atoms with Gasteiger partial charge in [-0.3, -0.25) is 0 Å². The van der Waals surface area contributed by atoms with E-state index < -0.39 is 0 Å². The van der Waals surface area contributed by atoms with Crippen LogP contribution in [0.4, 0.5) is 0 Å². The fourth-order valence-electron chi connectivity index (χ4n) is 1.03. The molecule has 13 heavy (non-hydrogen) atoms. The molecule has 0 saturated carbocycles. The van der Waals surface area contributed by atoms with Crippen molar-refractivity contribution in [2.75, 3.05) is 0 Å². The summed E-state index contributed by atoms with van der Waals surface area (Å²) < 4.78 is 3.34. The van der Waals surface area contributed by atoms with E-state index in [2.05, 4.69) is 47.3 Å². The number of hydrogen-bond acceptors (Lipinski definition) is 0. The maximum atomic E-state index is 2.27. The second-order valence-electron chi connectivity index (χ2n) is 4.12. The first-order valence-electron chi connectivity index (χ1n) is 4.75. The Hall–Kier alpha value is 0.240. The Kier molecular flexibility index (Phi) is 5.97. The van der Waals surface area contributed by atoms with Gasteiger partial charge in [-0.05, 0) is 0 Å². The van der Waals surface area contributed by atoms with Crippen molar-refractivity contribution < 1.29 is 0 Å². The molecule has 0 N–H and O–H groups in total. The summed E-state index contributed by atoms with van der Waals surface area (Å²) in [4.78, 5) is 0. The first kappa shape index (κ1) is 13.2. The van der Waals surface area contributed by atoms with E-state index in [1.807, 2.05) is 0 Å². The van der Waals surface area contributed by atoms with E-state index in [-0.39, 0.29) is 24.2 Å². The summed E-state index contributed by atoms with van der Waals surface area (Å²) in [6.45, 7) is 15.8. The van der Waals surface area contributed by atoms with Crippen molar-refractivity contribution in [1.82, 2.24) is 0 Å². The topological polar surface area (TPSA) is 0 Å². The van der Waals surface area contributed by atoms with Crippen molar-refractivity contribution in [2.45, 2.75) is 47.3 Å². The molecule has 0 atom stereocenters. The van der Waals surface area contributed by atoms with Crippen LogP contribution in [0.25, 0.3) is 0 Å². The van der Waals surface area contributed by atoms with Gasteiger partial charge in [0.25, 0.3) is 0 Å². The van der Waals surface area contributed by atoms with Crippen molar-refractivity contribution >= 4 is 24.2 Å². The van der Waals surface area contributed by atoms with E-state index in [1.165, 1.54) is 0 Å². The van der Waals surface area contributed by atoms with E-state index in [0.29, 0.717) is 0 Å². The van der Waals surface area contributed by atoms with Crippen molar-refractivity contribution in [2.24, 2.45) is 0 Å². The van der Waals surface area contributed by atoms with Crippen LogP contribution in [0.1, 0.15) is 27.7 Å². The standard InChI is InChI=1S/C8H12Ge.C3H9Si/c1-5-6(2)8(4)9-7(5)3;1-4(2)3/h1-4H3;1-3H3. The summed E-state index contributed by atoms with van der Waals surface area (Å²) in [7, 11) is 0.120. The second-order valence-corrected chi connectivity index (χ2v) is 10.8. The van der Waals surface area contributed by atoms with Gasteiger partial charge in [-0.15, -0.1) is 0 Å². The Morgan fingerprint density at radius 3 is 1.08 bits per heavy atom. The molecule has 0 nitrogen and oxygen atoms in total. The third-order valence-corrected chi connectivity index (χ3v) is 5.21. The van der Waals surface area contributed by atoms with Crippen molar-refractivity contribution in [3.63, 3.8) is 0 Å². The van der Waals surface area contributed by atoms with Gasteiger partial charge in [-0.1, -0.05) is 19.6 Å². The van der Waals surface area contributed by atoms with E-state index >= 15 is 0 Å². The summed E-state index contributed by atoms with van der Waals surface area (Å²) in [5.41, 5.74) is 3.13. The van der Waals surface area contributed by atoms with Crippen LogP contribution in [0.2, 0.25) is 19.6 Å². The van der Waals surface area contributed by atoms with Gasteiger partial charge in [0.05, 0.1) is 0 Å². The fourth-order valence-corrected chi connectivity index (χ4v) is 3.78. The quantitative estimate of drug-likeness (QED) is 0.578. The predicted octanol–water partition coefficient (Wildman–Crippen LogP) is 3.66. The molecule has 0 amide bonds. The summed E-state index contributed by atoms with van der Waals surface area (Å²) >= 11 is 0.171. The van der Waals surface area contributed by atoms with Crippen LogP contribution in [0, 0.1) is 0 Å². The Morgan fingerprint density at radius 2 is 1.00 bits per heavy atom. The molecular weight excluding hydrogens is 233 g/mol. The summed E-state index contributed by atoms with van der Waals surface area (Å²) in [6, 6.07) is 0. The predicted molar refractivity (Wildman–Crippen MR) is 65.8 cm³/mol. The van der Waals surface area contributed by atoms with E-state index in [0.717, 1.165) is 0 Å². The Balaban J connectivity index is 0.000000310. The van der Waals surface area contributed by atoms with Gasteiger partial charge in [0.2, 0.25) is 0 Å². The van der Waals surface area contributed by atoms with Gasteiger partial charge < -0.3 is 0 Å². The van der Waals surface area contributed by atoms with Crippen molar-refractivity contribution in [3.05, 3.63) is 20.0 Å². The van der Waals surface area contributed by atoms with Gasteiger partial charge in [0.15, 0.2) is 0 Å². The van der Waals surface area contributed by atoms with Gasteiger partial charge in [0, 0.05) is 8.80 Å². The summed E-state index contributed by atoms with van der Waals surface area (Å²) in [5.74, 6) is 0. The van der Waals surface area contributed by atoms with Gasteiger partial charge >= 0.3 is 63.1 Å². The zero-order chi connectivity index (χ0) is 10.6. The van der Waals surface area contributed by atoms with Crippen LogP contribution in [0.15, 0.2) is 20.0 Å². The Bertz CT molecular complexity index is 212.